The van der Waals surface area contributed by atoms with Crippen molar-refractivity contribution in [2.75, 3.05) is 5.32 Å². The number of hydrogen-bond donors (Lipinski definition) is 1. The standard InChI is InChI=1S/C15H12ClN3O4S/c1-7(20)4-12-17-15(24-19-12)18-13(21)11-5-8-2-3-9(16)6-10(8)14(22)23-11/h2-3,6,11H,4-5H2,1H3,(H,17,18,19,21). The van der Waals surface area contributed by atoms with Crippen molar-refractivity contribution in [1.29, 1.82) is 0 Å². The van der Waals surface area contributed by atoms with Gasteiger partial charge in [0.25, 0.3) is 5.91 Å². The summed E-state index contributed by atoms with van der Waals surface area (Å²) in [6.45, 7) is 1.43. The van der Waals surface area contributed by atoms with Gasteiger partial charge in [-0.1, -0.05) is 17.7 Å². The zero-order chi connectivity index (χ0) is 17.3. The van der Waals surface area contributed by atoms with Crippen molar-refractivity contribution >= 4 is 45.9 Å². The molecule has 2 heterocycles. The van der Waals surface area contributed by atoms with E-state index in [0.29, 0.717) is 22.0 Å². The highest BCUT2D eigenvalue weighted by Gasteiger charge is 2.32. The van der Waals surface area contributed by atoms with E-state index in [1.807, 2.05) is 0 Å². The first-order valence-corrected chi connectivity index (χ1v) is 8.20. The highest BCUT2D eigenvalue weighted by Crippen LogP contribution is 2.25. The van der Waals surface area contributed by atoms with Crippen LogP contribution in [0.4, 0.5) is 5.13 Å². The van der Waals surface area contributed by atoms with Crippen molar-refractivity contribution < 1.29 is 19.1 Å². The molecular formula is C15H12ClN3O4S. The number of fused-ring (bicyclic) bond motifs is 1. The molecule has 124 valence electrons. The molecule has 1 aliphatic rings. The molecule has 0 aliphatic carbocycles. The van der Waals surface area contributed by atoms with Crippen LogP contribution in [0, 0.1) is 0 Å². The number of benzene rings is 1. The predicted molar refractivity (Wildman–Crippen MR) is 87.3 cm³/mol. The van der Waals surface area contributed by atoms with Gasteiger partial charge in [-0.3, -0.25) is 14.9 Å². The Labute approximate surface area is 146 Å². The first-order valence-electron chi connectivity index (χ1n) is 7.04. The molecule has 0 radical (unpaired) electrons. The zero-order valence-corrected chi connectivity index (χ0v) is 14.1. The molecule has 1 N–H and O–H groups in total. The van der Waals surface area contributed by atoms with Crippen LogP contribution in [0.1, 0.15) is 28.7 Å². The van der Waals surface area contributed by atoms with Crippen LogP contribution >= 0.6 is 23.1 Å². The van der Waals surface area contributed by atoms with Crippen LogP contribution in [0.5, 0.6) is 0 Å². The van der Waals surface area contributed by atoms with Gasteiger partial charge in [0, 0.05) is 23.0 Å². The summed E-state index contributed by atoms with van der Waals surface area (Å²) >= 11 is 6.83. The highest BCUT2D eigenvalue weighted by atomic mass is 35.5. The Hall–Kier alpha value is -2.32. The fourth-order valence-electron chi connectivity index (χ4n) is 2.28. The molecule has 0 fully saturated rings. The number of hydrogen-bond acceptors (Lipinski definition) is 7. The second kappa shape index (κ2) is 6.66. The predicted octanol–water partition coefficient (Wildman–Crippen LogP) is 2.04. The molecule has 24 heavy (non-hydrogen) atoms. The number of anilines is 1. The Bertz CT molecular complexity index is 836. The number of ether oxygens (including phenoxy) is 1. The lowest BCUT2D eigenvalue weighted by molar-refractivity contribution is -0.125. The van der Waals surface area contributed by atoms with Gasteiger partial charge in [-0.05, 0) is 24.6 Å². The molecule has 2 aromatic rings. The Morgan fingerprint density at radius 1 is 1.46 bits per heavy atom. The smallest absolute Gasteiger partial charge is 0.339 e. The fraction of sp³-hybridized carbons (Fsp3) is 0.267. The topological polar surface area (TPSA) is 98.2 Å². The second-order valence-corrected chi connectivity index (χ2v) is 6.47. The number of carbonyl (C=O) groups excluding carboxylic acids is 3. The number of aromatic nitrogens is 2. The third-order valence-electron chi connectivity index (χ3n) is 3.34. The molecule has 1 unspecified atom stereocenters. The lowest BCUT2D eigenvalue weighted by atomic mass is 9.98. The summed E-state index contributed by atoms with van der Waals surface area (Å²) in [5.74, 6) is -0.798. The average molecular weight is 366 g/mol. The van der Waals surface area contributed by atoms with Crippen LogP contribution in [-0.4, -0.2) is 33.1 Å². The van der Waals surface area contributed by atoms with Crippen LogP contribution in [0.3, 0.4) is 0 Å². The van der Waals surface area contributed by atoms with Gasteiger partial charge in [0.15, 0.2) is 11.9 Å². The molecule has 0 bridgehead atoms. The van der Waals surface area contributed by atoms with E-state index in [1.54, 1.807) is 12.1 Å². The van der Waals surface area contributed by atoms with Gasteiger partial charge in [-0.25, -0.2) is 9.78 Å². The number of carbonyl (C=O) groups is 3. The van der Waals surface area contributed by atoms with Crippen molar-refractivity contribution in [3.8, 4) is 0 Å². The fourth-order valence-corrected chi connectivity index (χ4v) is 3.04. The number of halogens is 1. The summed E-state index contributed by atoms with van der Waals surface area (Å²) in [7, 11) is 0. The van der Waals surface area contributed by atoms with Crippen molar-refractivity contribution in [2.24, 2.45) is 0 Å². The lowest BCUT2D eigenvalue weighted by Gasteiger charge is -2.23. The van der Waals surface area contributed by atoms with Gasteiger partial charge >= 0.3 is 5.97 Å². The minimum Gasteiger partial charge on any atom is -0.448 e. The largest absolute Gasteiger partial charge is 0.448 e. The first-order chi connectivity index (χ1) is 11.4. The zero-order valence-electron chi connectivity index (χ0n) is 12.5. The molecule has 1 aliphatic heterocycles. The molecule has 0 spiro atoms. The molecular weight excluding hydrogens is 354 g/mol. The van der Waals surface area contributed by atoms with Crippen LogP contribution < -0.4 is 5.32 Å². The lowest BCUT2D eigenvalue weighted by Crippen LogP contribution is -2.38. The number of amides is 1. The molecule has 1 amide bonds. The maximum Gasteiger partial charge on any atom is 0.339 e. The summed E-state index contributed by atoms with van der Waals surface area (Å²) < 4.78 is 9.15. The van der Waals surface area contributed by atoms with E-state index in [9.17, 15) is 14.4 Å². The minimum atomic E-state index is -0.952. The Morgan fingerprint density at radius 2 is 2.25 bits per heavy atom. The van der Waals surface area contributed by atoms with Crippen molar-refractivity contribution in [3.63, 3.8) is 0 Å². The number of Topliss-reactive ketones (excluding diaryl/α,β-unsaturated/α-hetero) is 1. The van der Waals surface area contributed by atoms with Gasteiger partial charge < -0.3 is 4.74 Å². The molecule has 9 heteroatoms. The highest BCUT2D eigenvalue weighted by molar-refractivity contribution is 7.09. The SMILES string of the molecule is CC(=O)Cc1nsc(NC(=O)C2Cc3ccc(Cl)cc3C(=O)O2)n1. The Balaban J connectivity index is 1.70. The number of nitrogens with one attached hydrogen (secondary N) is 1. The van der Waals surface area contributed by atoms with E-state index in [-0.39, 0.29) is 23.8 Å². The summed E-state index contributed by atoms with van der Waals surface area (Å²) in [4.78, 5) is 39.4. The van der Waals surface area contributed by atoms with E-state index in [1.165, 1.54) is 13.0 Å². The van der Waals surface area contributed by atoms with E-state index in [0.717, 1.165) is 11.5 Å². The third-order valence-corrected chi connectivity index (χ3v) is 4.25. The van der Waals surface area contributed by atoms with Crippen LogP contribution in [0.25, 0.3) is 0 Å². The van der Waals surface area contributed by atoms with Crippen molar-refractivity contribution in [2.45, 2.75) is 25.9 Å². The summed E-state index contributed by atoms with van der Waals surface area (Å²) in [5, 5.41) is 3.25. The molecule has 0 saturated heterocycles. The molecule has 0 saturated carbocycles. The van der Waals surface area contributed by atoms with Gasteiger partial charge in [-0.2, -0.15) is 4.37 Å². The summed E-state index contributed by atoms with van der Waals surface area (Å²) in [5.41, 5.74) is 1.07. The molecule has 1 aromatic heterocycles. The normalized spacial score (nSPS) is 16.2. The summed E-state index contributed by atoms with van der Waals surface area (Å²) in [6, 6.07) is 4.88. The molecule has 7 nitrogen and oxygen atoms in total. The average Bonchev–Trinajstić information content (AvgIpc) is 2.94. The Morgan fingerprint density at radius 3 is 3.00 bits per heavy atom. The number of rotatable bonds is 4. The van der Waals surface area contributed by atoms with E-state index >= 15 is 0 Å². The Kier molecular flexibility index (Phi) is 4.59. The van der Waals surface area contributed by atoms with E-state index in [4.69, 9.17) is 16.3 Å². The monoisotopic (exact) mass is 365 g/mol. The third kappa shape index (κ3) is 3.60. The van der Waals surface area contributed by atoms with Crippen LogP contribution in [-0.2, 0) is 27.2 Å². The molecule has 1 atom stereocenters. The minimum absolute atomic E-state index is 0.0674. The van der Waals surface area contributed by atoms with Crippen LogP contribution in [0.15, 0.2) is 18.2 Å². The van der Waals surface area contributed by atoms with Crippen LogP contribution in [0.2, 0.25) is 5.02 Å². The molecule has 3 rings (SSSR count). The van der Waals surface area contributed by atoms with Gasteiger partial charge in [0.05, 0.1) is 12.0 Å². The van der Waals surface area contributed by atoms with Gasteiger partial charge in [0.1, 0.15) is 5.78 Å². The van der Waals surface area contributed by atoms with Gasteiger partial charge in [0.2, 0.25) is 5.13 Å². The first kappa shape index (κ1) is 16.5. The number of cyclic esters (lactones) is 1. The number of esters is 1. The second-order valence-electron chi connectivity index (χ2n) is 5.28. The molecule has 1 aromatic carbocycles. The maximum atomic E-state index is 12.3. The van der Waals surface area contributed by atoms with Crippen molar-refractivity contribution in [1.82, 2.24) is 9.36 Å². The van der Waals surface area contributed by atoms with Crippen molar-refractivity contribution in [3.05, 3.63) is 40.2 Å². The number of nitrogens with zero attached hydrogens (tertiary/aromatic N) is 2. The quantitative estimate of drug-likeness (QED) is 0.832. The van der Waals surface area contributed by atoms with Gasteiger partial charge in [-0.15, -0.1) is 0 Å². The number of ketones is 1. The van der Waals surface area contributed by atoms with E-state index < -0.39 is 18.0 Å². The maximum absolute atomic E-state index is 12.3. The van der Waals surface area contributed by atoms with E-state index in [2.05, 4.69) is 14.7 Å². The summed E-state index contributed by atoms with van der Waals surface area (Å²) in [6.07, 6.45) is -0.589.